The van der Waals surface area contributed by atoms with Crippen LogP contribution in [0.2, 0.25) is 0 Å². The molecule has 1 N–H and O–H groups in total. The third kappa shape index (κ3) is 3.62. The number of para-hydroxylation sites is 1. The van der Waals surface area contributed by atoms with Crippen LogP contribution in [0.15, 0.2) is 24.3 Å². The summed E-state index contributed by atoms with van der Waals surface area (Å²) in [5, 5.41) is 15.7. The minimum absolute atomic E-state index is 0.0142. The maximum Gasteiger partial charge on any atom is 0.435 e. The Balaban J connectivity index is 1.96. The number of halogens is 4. The van der Waals surface area contributed by atoms with Crippen molar-refractivity contribution in [3.8, 4) is 5.69 Å². The zero-order valence-electron chi connectivity index (χ0n) is 13.8. The predicted octanol–water partition coefficient (Wildman–Crippen LogP) is 2.36. The van der Waals surface area contributed by atoms with Gasteiger partial charge in [-0.25, -0.2) is 9.07 Å². The zero-order valence-corrected chi connectivity index (χ0v) is 13.8. The van der Waals surface area contributed by atoms with Crippen molar-refractivity contribution >= 4 is 11.9 Å². The number of nitrogens with zero attached hydrogens (tertiary/aromatic N) is 4. The Morgan fingerprint density at radius 1 is 1.15 bits per heavy atom. The lowest BCUT2D eigenvalue weighted by molar-refractivity contribution is -0.143. The van der Waals surface area contributed by atoms with Crippen LogP contribution in [0, 0.1) is 11.7 Å². The lowest BCUT2D eigenvalue weighted by Gasteiger charge is -2.29. The minimum Gasteiger partial charge on any atom is -0.481 e. The largest absolute Gasteiger partial charge is 0.481 e. The fourth-order valence-electron chi connectivity index (χ4n) is 2.95. The van der Waals surface area contributed by atoms with E-state index in [2.05, 4.69) is 10.3 Å². The lowest BCUT2D eigenvalue weighted by atomic mass is 9.97. The van der Waals surface area contributed by atoms with Gasteiger partial charge in [-0.15, -0.1) is 5.10 Å². The second-order valence-electron chi connectivity index (χ2n) is 6.05. The van der Waals surface area contributed by atoms with E-state index in [1.165, 1.54) is 12.1 Å². The van der Waals surface area contributed by atoms with E-state index in [4.69, 9.17) is 5.11 Å². The van der Waals surface area contributed by atoms with E-state index in [0.717, 1.165) is 17.0 Å². The third-order valence-corrected chi connectivity index (χ3v) is 4.35. The molecule has 3 rings (SSSR count). The molecule has 0 spiro atoms. The van der Waals surface area contributed by atoms with Crippen LogP contribution in [0.25, 0.3) is 5.69 Å². The number of likely N-dealkylation sites (tertiary alicyclic amines) is 1. The lowest BCUT2D eigenvalue weighted by Crippen LogP contribution is -2.41. The molecule has 0 saturated carbocycles. The van der Waals surface area contributed by atoms with Gasteiger partial charge in [-0.1, -0.05) is 17.3 Å². The number of carboxylic acids is 1. The molecule has 0 unspecified atom stereocenters. The monoisotopic (exact) mass is 386 g/mol. The van der Waals surface area contributed by atoms with Gasteiger partial charge in [-0.2, -0.15) is 13.2 Å². The number of rotatable bonds is 3. The molecule has 1 aromatic carbocycles. The highest BCUT2D eigenvalue weighted by molar-refractivity contribution is 5.93. The van der Waals surface area contributed by atoms with Crippen molar-refractivity contribution in [3.05, 3.63) is 41.5 Å². The number of piperidine rings is 1. The fraction of sp³-hybridized carbons (Fsp3) is 0.375. The van der Waals surface area contributed by atoms with E-state index in [9.17, 15) is 27.2 Å². The van der Waals surface area contributed by atoms with Gasteiger partial charge in [-0.3, -0.25) is 9.59 Å². The Morgan fingerprint density at radius 3 is 2.33 bits per heavy atom. The van der Waals surface area contributed by atoms with E-state index in [1.54, 1.807) is 0 Å². The van der Waals surface area contributed by atoms with Crippen LogP contribution in [0.4, 0.5) is 17.6 Å². The molecule has 1 amide bonds. The normalized spacial score (nSPS) is 15.8. The molecule has 1 aliphatic rings. The SMILES string of the molecule is O=C(O)C1CCN(C(=O)c2nnn(-c3ccccc3F)c2C(F)(F)F)CC1. The molecule has 0 aliphatic carbocycles. The standard InChI is InChI=1S/C16H14F4N4O3/c17-10-3-1-2-4-11(10)24-13(16(18,19)20)12(21-22-24)14(25)23-7-5-9(6-8-23)15(26)27/h1-4,9H,5-8H2,(H,26,27). The van der Waals surface area contributed by atoms with Crippen LogP contribution >= 0.6 is 0 Å². The van der Waals surface area contributed by atoms with Crippen molar-refractivity contribution in [2.24, 2.45) is 5.92 Å². The van der Waals surface area contributed by atoms with Crippen LogP contribution in [-0.2, 0) is 11.0 Å². The van der Waals surface area contributed by atoms with Crippen LogP contribution in [0.5, 0.6) is 0 Å². The van der Waals surface area contributed by atoms with Gasteiger partial charge in [0.25, 0.3) is 5.91 Å². The molecular weight excluding hydrogens is 372 g/mol. The molecule has 2 heterocycles. The van der Waals surface area contributed by atoms with Crippen LogP contribution in [0.1, 0.15) is 29.0 Å². The van der Waals surface area contributed by atoms with Gasteiger partial charge in [0.2, 0.25) is 0 Å². The summed E-state index contributed by atoms with van der Waals surface area (Å²) in [7, 11) is 0. The number of carbonyl (C=O) groups is 2. The molecule has 0 atom stereocenters. The minimum atomic E-state index is -5.00. The van der Waals surface area contributed by atoms with Crippen LogP contribution in [-0.4, -0.2) is 50.0 Å². The van der Waals surface area contributed by atoms with Crippen molar-refractivity contribution in [2.45, 2.75) is 19.0 Å². The molecule has 0 bridgehead atoms. The van der Waals surface area contributed by atoms with Gasteiger partial charge in [0, 0.05) is 13.1 Å². The number of carboxylic acid groups (broad SMARTS) is 1. The van der Waals surface area contributed by atoms with Crippen molar-refractivity contribution in [3.63, 3.8) is 0 Å². The molecular formula is C16H14F4N4O3. The van der Waals surface area contributed by atoms with Gasteiger partial charge < -0.3 is 10.0 Å². The molecule has 144 valence electrons. The number of alkyl halides is 3. The number of benzene rings is 1. The molecule has 1 fully saturated rings. The highest BCUT2D eigenvalue weighted by Crippen LogP contribution is 2.34. The zero-order chi connectivity index (χ0) is 19.8. The average Bonchev–Trinajstić information content (AvgIpc) is 3.07. The molecule has 1 aliphatic heterocycles. The summed E-state index contributed by atoms with van der Waals surface area (Å²) in [6.07, 6.45) is -4.75. The topological polar surface area (TPSA) is 88.3 Å². The second kappa shape index (κ2) is 6.97. The van der Waals surface area contributed by atoms with Crippen molar-refractivity contribution in [2.75, 3.05) is 13.1 Å². The highest BCUT2D eigenvalue weighted by atomic mass is 19.4. The molecule has 27 heavy (non-hydrogen) atoms. The maximum atomic E-state index is 13.9. The second-order valence-corrected chi connectivity index (χ2v) is 6.05. The summed E-state index contributed by atoms with van der Waals surface area (Å²) in [5.74, 6) is -3.63. The summed E-state index contributed by atoms with van der Waals surface area (Å²) in [6.45, 7) is -0.0285. The van der Waals surface area contributed by atoms with Crippen molar-refractivity contribution in [1.29, 1.82) is 0 Å². The fourth-order valence-corrected chi connectivity index (χ4v) is 2.95. The molecule has 1 saturated heterocycles. The van der Waals surface area contributed by atoms with Crippen LogP contribution in [0.3, 0.4) is 0 Å². The predicted molar refractivity (Wildman–Crippen MR) is 82.6 cm³/mol. The quantitative estimate of drug-likeness (QED) is 0.819. The van der Waals surface area contributed by atoms with Gasteiger partial charge in [-0.05, 0) is 25.0 Å². The molecule has 1 aromatic heterocycles. The van der Waals surface area contributed by atoms with Crippen molar-refractivity contribution < 1.29 is 32.3 Å². The Hall–Kier alpha value is -2.98. The number of carbonyl (C=O) groups excluding carboxylic acids is 1. The molecule has 2 aromatic rings. The summed E-state index contributed by atoms with van der Waals surface area (Å²) < 4.78 is 54.9. The van der Waals surface area contributed by atoms with E-state index in [0.29, 0.717) is 0 Å². The van der Waals surface area contributed by atoms with Crippen molar-refractivity contribution in [1.82, 2.24) is 19.9 Å². The smallest absolute Gasteiger partial charge is 0.435 e. The molecule has 0 radical (unpaired) electrons. The first-order chi connectivity index (χ1) is 12.7. The Kier molecular flexibility index (Phi) is 4.85. The van der Waals surface area contributed by atoms with E-state index in [-0.39, 0.29) is 30.6 Å². The Morgan fingerprint density at radius 2 is 1.78 bits per heavy atom. The number of hydrogen-bond donors (Lipinski definition) is 1. The van der Waals surface area contributed by atoms with Crippen LogP contribution < -0.4 is 0 Å². The molecule has 11 heteroatoms. The van der Waals surface area contributed by atoms with Gasteiger partial charge >= 0.3 is 12.1 Å². The number of hydrogen-bond acceptors (Lipinski definition) is 4. The highest BCUT2D eigenvalue weighted by Gasteiger charge is 2.43. The first-order valence-corrected chi connectivity index (χ1v) is 8.00. The average molecular weight is 386 g/mol. The van der Waals surface area contributed by atoms with E-state index in [1.807, 2.05) is 0 Å². The van der Waals surface area contributed by atoms with E-state index >= 15 is 0 Å². The summed E-state index contributed by atoms with van der Waals surface area (Å²) in [5.41, 5.74) is -2.90. The van der Waals surface area contributed by atoms with E-state index < -0.39 is 46.9 Å². The van der Waals surface area contributed by atoms with Gasteiger partial charge in [0.15, 0.2) is 11.4 Å². The third-order valence-electron chi connectivity index (χ3n) is 4.35. The number of aliphatic carboxylic acids is 1. The molecule has 7 nitrogen and oxygen atoms in total. The number of amides is 1. The summed E-state index contributed by atoms with van der Waals surface area (Å²) in [4.78, 5) is 24.6. The maximum absolute atomic E-state index is 13.9. The van der Waals surface area contributed by atoms with Gasteiger partial charge in [0.1, 0.15) is 11.5 Å². The first-order valence-electron chi connectivity index (χ1n) is 8.00. The summed E-state index contributed by atoms with van der Waals surface area (Å²) in [6, 6.07) is 4.70. The first kappa shape index (κ1) is 18.8. The summed E-state index contributed by atoms with van der Waals surface area (Å²) >= 11 is 0. The Bertz CT molecular complexity index is 873. The number of aromatic nitrogens is 3. The Labute approximate surface area is 150 Å². The van der Waals surface area contributed by atoms with Gasteiger partial charge in [0.05, 0.1) is 5.92 Å².